The highest BCUT2D eigenvalue weighted by molar-refractivity contribution is 5.77. The predicted octanol–water partition coefficient (Wildman–Crippen LogP) is 3.82. The number of nitrogens with one attached hydrogen (secondary N) is 1. The summed E-state index contributed by atoms with van der Waals surface area (Å²) >= 11 is 0. The molecule has 0 radical (unpaired) electrons. The van der Waals surface area contributed by atoms with Crippen molar-refractivity contribution in [2.75, 3.05) is 32.2 Å². The number of halogens is 2. The third-order valence-electron chi connectivity index (χ3n) is 5.31. The molecule has 1 aliphatic carbocycles. The van der Waals surface area contributed by atoms with Crippen molar-refractivity contribution in [1.82, 2.24) is 4.98 Å². The van der Waals surface area contributed by atoms with E-state index in [0.29, 0.717) is 42.8 Å². The molecule has 3 rings (SSSR count). The smallest absolute Gasteiger partial charge is 0.212 e. The molecule has 2 atom stereocenters. The number of rotatable bonds is 10. The third-order valence-corrected chi connectivity index (χ3v) is 5.31. The molecule has 1 heterocycles. The van der Waals surface area contributed by atoms with Crippen LogP contribution >= 0.6 is 0 Å². The zero-order valence-electron chi connectivity index (χ0n) is 19.1. The molecule has 1 saturated carbocycles. The Bertz CT molecular complexity index is 969. The number of aromatic nitrogens is 1. The first kappa shape index (κ1) is 25.9. The number of allylic oxidation sites excluding steroid dienone is 1. The van der Waals surface area contributed by atoms with Crippen LogP contribution in [0.2, 0.25) is 0 Å². The topological polar surface area (TPSA) is 98.8 Å². The lowest BCUT2D eigenvalue weighted by Gasteiger charge is -2.20. The van der Waals surface area contributed by atoms with Crippen molar-refractivity contribution in [3.8, 4) is 0 Å². The van der Waals surface area contributed by atoms with Gasteiger partial charge in [0.2, 0.25) is 6.41 Å². The standard InChI is InChI=1S/C18H24F2N2O2.C6H6N2O/c1-4-22-9-17(16(21)10-23-3)24-11-18(8-12(18)2)13-5-6-14(19)15(20)7-13;9-5-8-6-3-1-2-4-7-6/h5-7,9,12H,4,8,10-11,21H2,1-3H3;1-5H,(H,7,8,9)/b17-16+,22-9?;/t12?,18-;/m0./s1. The van der Waals surface area contributed by atoms with E-state index in [-0.39, 0.29) is 12.0 Å². The Hall–Kier alpha value is -3.33. The zero-order valence-corrected chi connectivity index (χ0v) is 19.1. The third kappa shape index (κ3) is 7.35. The van der Waals surface area contributed by atoms with Gasteiger partial charge >= 0.3 is 0 Å². The first-order chi connectivity index (χ1) is 15.9. The van der Waals surface area contributed by atoms with E-state index in [4.69, 9.17) is 15.2 Å². The van der Waals surface area contributed by atoms with E-state index in [0.717, 1.165) is 18.1 Å². The number of hydrogen-bond acceptors (Lipinski definition) is 6. The first-order valence-electron chi connectivity index (χ1n) is 10.5. The SMILES string of the molecule is CCN=C/C(OC[C@@]1(c2ccc(F)c(F)c2)CC1C)=C(\N)COC.O=CNc1ccccn1. The van der Waals surface area contributed by atoms with E-state index in [2.05, 4.69) is 22.2 Å². The average molecular weight is 461 g/mol. The van der Waals surface area contributed by atoms with Crippen LogP contribution in [0.3, 0.4) is 0 Å². The van der Waals surface area contributed by atoms with Crippen molar-refractivity contribution in [3.63, 3.8) is 0 Å². The lowest BCUT2D eigenvalue weighted by molar-refractivity contribution is -0.105. The number of anilines is 1. The molecule has 0 spiro atoms. The Morgan fingerprint density at radius 3 is 2.64 bits per heavy atom. The van der Waals surface area contributed by atoms with Crippen LogP contribution in [0.15, 0.2) is 59.0 Å². The summed E-state index contributed by atoms with van der Waals surface area (Å²) in [4.78, 5) is 17.8. The van der Waals surface area contributed by atoms with Crippen molar-refractivity contribution in [2.24, 2.45) is 16.6 Å². The molecule has 0 bridgehead atoms. The molecular weight excluding hydrogens is 430 g/mol. The molecule has 1 amide bonds. The number of methoxy groups -OCH3 is 1. The maximum absolute atomic E-state index is 13.6. The molecule has 1 unspecified atom stereocenters. The highest BCUT2D eigenvalue weighted by Crippen LogP contribution is 2.54. The van der Waals surface area contributed by atoms with E-state index in [9.17, 15) is 13.6 Å². The number of hydrogen-bond donors (Lipinski definition) is 2. The molecule has 178 valence electrons. The number of nitrogens with zero attached hydrogens (tertiary/aromatic N) is 2. The van der Waals surface area contributed by atoms with Gasteiger partial charge in [0.1, 0.15) is 5.82 Å². The largest absolute Gasteiger partial charge is 0.489 e. The van der Waals surface area contributed by atoms with Gasteiger partial charge in [-0.3, -0.25) is 9.79 Å². The monoisotopic (exact) mass is 460 g/mol. The molecule has 0 saturated heterocycles. The second kappa shape index (κ2) is 12.6. The fourth-order valence-corrected chi connectivity index (χ4v) is 3.31. The minimum Gasteiger partial charge on any atom is -0.489 e. The first-order valence-corrected chi connectivity index (χ1v) is 10.5. The lowest BCUT2D eigenvalue weighted by Crippen LogP contribution is -2.21. The molecule has 1 aromatic carbocycles. The lowest BCUT2D eigenvalue weighted by atomic mass is 9.94. The number of carbonyl (C=O) groups is 1. The minimum absolute atomic E-state index is 0.235. The Morgan fingerprint density at radius 1 is 1.33 bits per heavy atom. The Labute approximate surface area is 192 Å². The summed E-state index contributed by atoms with van der Waals surface area (Å²) in [7, 11) is 1.55. The van der Waals surface area contributed by atoms with E-state index < -0.39 is 11.6 Å². The van der Waals surface area contributed by atoms with Gasteiger partial charge in [0.15, 0.2) is 17.4 Å². The van der Waals surface area contributed by atoms with Gasteiger partial charge in [0.05, 0.1) is 25.1 Å². The molecule has 2 aromatic rings. The number of nitrogens with two attached hydrogens (primary N) is 1. The van der Waals surface area contributed by atoms with Crippen LogP contribution in [-0.2, 0) is 19.7 Å². The van der Waals surface area contributed by atoms with Crippen LogP contribution in [0.1, 0.15) is 25.8 Å². The molecule has 0 aliphatic heterocycles. The highest BCUT2D eigenvalue weighted by atomic mass is 19.2. The van der Waals surface area contributed by atoms with Gasteiger partial charge in [-0.2, -0.15) is 0 Å². The van der Waals surface area contributed by atoms with Gasteiger partial charge < -0.3 is 20.5 Å². The summed E-state index contributed by atoms with van der Waals surface area (Å²) in [5.41, 5.74) is 6.83. The summed E-state index contributed by atoms with van der Waals surface area (Å²) in [5, 5.41) is 2.42. The molecule has 7 nitrogen and oxygen atoms in total. The fraction of sp³-hybridized carbons (Fsp3) is 0.375. The number of pyridine rings is 1. The molecule has 3 N–H and O–H groups in total. The van der Waals surface area contributed by atoms with Crippen molar-refractivity contribution in [1.29, 1.82) is 0 Å². The van der Waals surface area contributed by atoms with Gasteiger partial charge in [0, 0.05) is 25.3 Å². The summed E-state index contributed by atoms with van der Waals surface area (Å²) in [6, 6.07) is 9.34. The molecular formula is C24H30F2N4O3. The van der Waals surface area contributed by atoms with Gasteiger partial charge in [-0.25, -0.2) is 13.8 Å². The highest BCUT2D eigenvalue weighted by Gasteiger charge is 2.53. The molecule has 33 heavy (non-hydrogen) atoms. The van der Waals surface area contributed by atoms with Gasteiger partial charge in [-0.05, 0) is 49.1 Å². The van der Waals surface area contributed by atoms with Crippen LogP contribution in [0, 0.1) is 17.6 Å². The summed E-state index contributed by atoms with van der Waals surface area (Å²) in [6.45, 7) is 5.14. The van der Waals surface area contributed by atoms with Crippen LogP contribution in [0.25, 0.3) is 0 Å². The number of ether oxygens (including phenoxy) is 2. The normalized spacial score (nSPS) is 19.8. The zero-order chi connectivity index (χ0) is 24.3. The Kier molecular flexibility index (Phi) is 9.93. The quantitative estimate of drug-likeness (QED) is 0.319. The Morgan fingerprint density at radius 2 is 2.09 bits per heavy atom. The second-order valence-electron chi connectivity index (χ2n) is 7.61. The number of aliphatic imine (C=N–C) groups is 1. The van der Waals surface area contributed by atoms with E-state index in [1.54, 1.807) is 43.8 Å². The van der Waals surface area contributed by atoms with Gasteiger partial charge in [0.25, 0.3) is 0 Å². The van der Waals surface area contributed by atoms with E-state index in [1.807, 2.05) is 6.92 Å². The van der Waals surface area contributed by atoms with Gasteiger partial charge in [-0.15, -0.1) is 0 Å². The average Bonchev–Trinajstić information content (AvgIpc) is 3.47. The summed E-state index contributed by atoms with van der Waals surface area (Å²) in [6.07, 6.45) is 4.65. The Balaban J connectivity index is 0.000000357. The van der Waals surface area contributed by atoms with Crippen molar-refractivity contribution < 1.29 is 23.0 Å². The predicted molar refractivity (Wildman–Crippen MR) is 124 cm³/mol. The minimum atomic E-state index is -0.844. The summed E-state index contributed by atoms with van der Waals surface area (Å²) in [5.74, 6) is -0.334. The second-order valence-corrected chi connectivity index (χ2v) is 7.61. The number of amides is 1. The fourth-order valence-electron chi connectivity index (χ4n) is 3.31. The molecule has 1 fully saturated rings. The molecule has 1 aliphatic rings. The number of benzene rings is 1. The van der Waals surface area contributed by atoms with Crippen molar-refractivity contribution in [2.45, 2.75) is 25.7 Å². The van der Waals surface area contributed by atoms with E-state index >= 15 is 0 Å². The van der Waals surface area contributed by atoms with Crippen LogP contribution in [-0.4, -0.2) is 44.5 Å². The van der Waals surface area contributed by atoms with E-state index in [1.165, 1.54) is 6.07 Å². The van der Waals surface area contributed by atoms with Gasteiger partial charge in [-0.1, -0.05) is 19.1 Å². The molecule has 9 heteroatoms. The van der Waals surface area contributed by atoms with Crippen molar-refractivity contribution >= 4 is 18.4 Å². The maximum Gasteiger partial charge on any atom is 0.212 e. The van der Waals surface area contributed by atoms with Crippen LogP contribution < -0.4 is 11.1 Å². The number of carbonyl (C=O) groups excluding carboxylic acids is 1. The van der Waals surface area contributed by atoms with Crippen LogP contribution in [0.4, 0.5) is 14.6 Å². The maximum atomic E-state index is 13.6. The summed E-state index contributed by atoms with van der Waals surface area (Å²) < 4.78 is 37.7. The van der Waals surface area contributed by atoms with Crippen molar-refractivity contribution in [3.05, 3.63) is 71.2 Å². The molecule has 1 aromatic heterocycles. The van der Waals surface area contributed by atoms with Crippen LogP contribution in [0.5, 0.6) is 0 Å².